The van der Waals surface area contributed by atoms with Crippen molar-refractivity contribution in [3.8, 4) is 5.75 Å². The molecule has 0 aliphatic carbocycles. The fraction of sp³-hybridized carbons (Fsp3) is 0.571. The number of halogens is 2. The van der Waals surface area contributed by atoms with Gasteiger partial charge in [0.15, 0.2) is 11.6 Å². The van der Waals surface area contributed by atoms with Crippen LogP contribution in [0.4, 0.5) is 20.7 Å². The number of nitrogens with two attached hydrogens (primary N) is 1. The highest BCUT2D eigenvalue weighted by molar-refractivity contribution is 5.39. The molecule has 3 aromatic rings. The number of rotatable bonds is 9. The second kappa shape index (κ2) is 11.8. The number of hydrogen-bond acceptors (Lipinski definition) is 9. The normalized spacial score (nSPS) is 21.1. The van der Waals surface area contributed by atoms with Crippen LogP contribution in [-0.2, 0) is 0 Å². The third kappa shape index (κ3) is 6.29. The summed E-state index contributed by atoms with van der Waals surface area (Å²) in [6.45, 7) is 9.78. The summed E-state index contributed by atoms with van der Waals surface area (Å²) in [5.41, 5.74) is 6.70. The molecule has 2 fully saturated rings. The number of aromatic nitrogens is 4. The Labute approximate surface area is 227 Å². The lowest BCUT2D eigenvalue weighted by atomic mass is 9.84. The van der Waals surface area contributed by atoms with E-state index in [4.69, 9.17) is 15.0 Å². The van der Waals surface area contributed by atoms with Gasteiger partial charge in [-0.25, -0.2) is 18.7 Å². The zero-order valence-corrected chi connectivity index (χ0v) is 22.8. The van der Waals surface area contributed by atoms with E-state index in [1.54, 1.807) is 12.4 Å². The predicted octanol–water partition coefficient (Wildman–Crippen LogP) is 4.51. The minimum atomic E-state index is -0.598. The standard InChI is InChI=1S/C28H37F2N7O2/c1-17(2)26-34-28(39-35-26)36-9-6-19(7-10-36)18(3)8-11-38-21-13-32-27(33-14-21)37-15-23(25(31)16-37)22-5-4-20(29)12-24(22)30/h4-5,12-14,17-19,23,25H,6-11,15-16,31H2,1-3H3/t18-,23-,25+/m1/s1. The van der Waals surface area contributed by atoms with E-state index in [2.05, 4.69) is 45.8 Å². The van der Waals surface area contributed by atoms with Crippen LogP contribution in [0.2, 0.25) is 0 Å². The van der Waals surface area contributed by atoms with Crippen LogP contribution >= 0.6 is 0 Å². The third-order valence-corrected chi connectivity index (χ3v) is 8.03. The van der Waals surface area contributed by atoms with E-state index in [0.29, 0.717) is 54.8 Å². The summed E-state index contributed by atoms with van der Waals surface area (Å²) in [4.78, 5) is 17.5. The van der Waals surface area contributed by atoms with E-state index in [-0.39, 0.29) is 17.9 Å². The Bertz CT molecular complexity index is 1230. The van der Waals surface area contributed by atoms with E-state index in [9.17, 15) is 8.78 Å². The summed E-state index contributed by atoms with van der Waals surface area (Å²) in [5.74, 6) is 1.85. The molecule has 210 valence electrons. The molecule has 0 saturated carbocycles. The quantitative estimate of drug-likeness (QED) is 0.419. The Morgan fingerprint density at radius 2 is 1.82 bits per heavy atom. The summed E-state index contributed by atoms with van der Waals surface area (Å²) < 4.78 is 39.0. The van der Waals surface area contributed by atoms with Gasteiger partial charge in [-0.2, -0.15) is 4.98 Å². The maximum Gasteiger partial charge on any atom is 0.324 e. The van der Waals surface area contributed by atoms with Crippen molar-refractivity contribution in [2.75, 3.05) is 42.6 Å². The molecular formula is C28H37F2N7O2. The average Bonchev–Trinajstić information content (AvgIpc) is 3.57. The topological polar surface area (TPSA) is 106 Å². The molecule has 0 unspecified atom stereocenters. The molecule has 2 aromatic heterocycles. The van der Waals surface area contributed by atoms with Crippen LogP contribution < -0.4 is 20.3 Å². The SMILES string of the molecule is CC(C)c1noc(N2CCC([C@H](C)CCOc3cnc(N4C[C@H](c5ccc(F)cc5F)[C@@H](N)C4)nc3)CC2)n1. The minimum absolute atomic E-state index is 0.256. The van der Waals surface area contributed by atoms with Gasteiger partial charge in [-0.3, -0.25) is 0 Å². The number of hydrogen-bond donors (Lipinski definition) is 1. The van der Waals surface area contributed by atoms with Crippen molar-refractivity contribution in [3.05, 3.63) is 53.6 Å². The lowest BCUT2D eigenvalue weighted by molar-refractivity contribution is 0.219. The van der Waals surface area contributed by atoms with Crippen molar-refractivity contribution in [2.24, 2.45) is 17.6 Å². The highest BCUT2D eigenvalue weighted by atomic mass is 19.1. The van der Waals surface area contributed by atoms with E-state index in [1.165, 1.54) is 12.1 Å². The number of ether oxygens (including phenoxy) is 1. The molecule has 11 heteroatoms. The molecule has 3 atom stereocenters. The molecule has 4 heterocycles. The van der Waals surface area contributed by atoms with Gasteiger partial charge in [-0.05, 0) is 42.7 Å². The summed E-state index contributed by atoms with van der Waals surface area (Å²) in [6, 6.07) is 3.96. The number of piperidine rings is 1. The third-order valence-electron chi connectivity index (χ3n) is 8.03. The van der Waals surface area contributed by atoms with Crippen LogP contribution in [0.15, 0.2) is 35.1 Å². The molecule has 0 radical (unpaired) electrons. The maximum absolute atomic E-state index is 14.3. The van der Waals surface area contributed by atoms with Gasteiger partial charge in [0.25, 0.3) is 0 Å². The summed E-state index contributed by atoms with van der Waals surface area (Å²) in [5, 5.41) is 4.08. The second-order valence-electron chi connectivity index (χ2n) is 11.1. The smallest absolute Gasteiger partial charge is 0.324 e. The van der Waals surface area contributed by atoms with Crippen LogP contribution in [0.5, 0.6) is 5.75 Å². The zero-order valence-electron chi connectivity index (χ0n) is 22.8. The molecule has 5 rings (SSSR count). The largest absolute Gasteiger partial charge is 0.490 e. The van der Waals surface area contributed by atoms with Crippen LogP contribution in [0, 0.1) is 23.5 Å². The Morgan fingerprint density at radius 3 is 2.49 bits per heavy atom. The molecule has 2 aliphatic heterocycles. The van der Waals surface area contributed by atoms with Crippen molar-refractivity contribution in [1.29, 1.82) is 0 Å². The molecular weight excluding hydrogens is 504 g/mol. The van der Waals surface area contributed by atoms with Gasteiger partial charge in [0, 0.05) is 50.1 Å². The molecule has 0 spiro atoms. The van der Waals surface area contributed by atoms with Crippen molar-refractivity contribution in [2.45, 2.75) is 57.9 Å². The van der Waals surface area contributed by atoms with Gasteiger partial charge in [-0.15, -0.1) is 0 Å². The summed E-state index contributed by atoms with van der Waals surface area (Å²) in [6.07, 6.45) is 6.44. The first-order chi connectivity index (χ1) is 18.8. The monoisotopic (exact) mass is 541 g/mol. The van der Waals surface area contributed by atoms with E-state index in [0.717, 1.165) is 44.2 Å². The lowest BCUT2D eigenvalue weighted by Crippen LogP contribution is -2.36. The van der Waals surface area contributed by atoms with Crippen LogP contribution in [-0.4, -0.2) is 58.9 Å². The zero-order chi connectivity index (χ0) is 27.5. The first-order valence-electron chi connectivity index (χ1n) is 13.8. The Kier molecular flexibility index (Phi) is 8.25. The van der Waals surface area contributed by atoms with Crippen LogP contribution in [0.25, 0.3) is 0 Å². The van der Waals surface area contributed by atoms with Crippen molar-refractivity contribution in [1.82, 2.24) is 20.1 Å². The number of benzene rings is 1. The van der Waals surface area contributed by atoms with E-state index >= 15 is 0 Å². The van der Waals surface area contributed by atoms with Gasteiger partial charge in [0.2, 0.25) is 5.95 Å². The Morgan fingerprint density at radius 1 is 1.08 bits per heavy atom. The molecule has 0 bridgehead atoms. The average molecular weight is 542 g/mol. The first kappa shape index (κ1) is 27.2. The van der Waals surface area contributed by atoms with Gasteiger partial charge in [0.05, 0.1) is 19.0 Å². The number of nitrogens with zero attached hydrogens (tertiary/aromatic N) is 6. The van der Waals surface area contributed by atoms with Gasteiger partial charge < -0.3 is 24.8 Å². The second-order valence-corrected chi connectivity index (χ2v) is 11.1. The van der Waals surface area contributed by atoms with E-state index < -0.39 is 11.6 Å². The van der Waals surface area contributed by atoms with Crippen molar-refractivity contribution < 1.29 is 18.0 Å². The van der Waals surface area contributed by atoms with Crippen molar-refractivity contribution >= 4 is 12.0 Å². The van der Waals surface area contributed by atoms with E-state index in [1.807, 2.05) is 4.90 Å². The summed E-state index contributed by atoms with van der Waals surface area (Å²) >= 11 is 0. The molecule has 39 heavy (non-hydrogen) atoms. The summed E-state index contributed by atoms with van der Waals surface area (Å²) in [7, 11) is 0. The highest BCUT2D eigenvalue weighted by Crippen LogP contribution is 2.32. The lowest BCUT2D eigenvalue weighted by Gasteiger charge is -2.33. The Balaban J connectivity index is 1.06. The molecule has 2 aliphatic rings. The van der Waals surface area contributed by atoms with Crippen LogP contribution in [0.3, 0.4) is 0 Å². The molecule has 2 saturated heterocycles. The predicted molar refractivity (Wildman–Crippen MR) is 144 cm³/mol. The fourth-order valence-electron chi connectivity index (χ4n) is 5.52. The Hall–Kier alpha value is -3.34. The molecule has 9 nitrogen and oxygen atoms in total. The minimum Gasteiger partial charge on any atom is -0.490 e. The van der Waals surface area contributed by atoms with Crippen molar-refractivity contribution in [3.63, 3.8) is 0 Å². The van der Waals surface area contributed by atoms with Crippen LogP contribution in [0.1, 0.15) is 63.3 Å². The number of anilines is 2. The molecule has 1 aromatic carbocycles. The first-order valence-corrected chi connectivity index (χ1v) is 13.8. The molecule has 0 amide bonds. The van der Waals surface area contributed by atoms with Gasteiger partial charge in [0.1, 0.15) is 11.6 Å². The maximum atomic E-state index is 14.3. The van der Waals surface area contributed by atoms with Gasteiger partial charge in [-0.1, -0.05) is 32.0 Å². The van der Waals surface area contributed by atoms with Gasteiger partial charge >= 0.3 is 6.01 Å². The highest BCUT2D eigenvalue weighted by Gasteiger charge is 2.34. The fourth-order valence-corrected chi connectivity index (χ4v) is 5.52. The molecule has 2 N–H and O–H groups in total.